The smallest absolute Gasteiger partial charge is 0.244 e. The molecule has 0 fully saturated rings. The molecule has 3 aromatic rings. The minimum absolute atomic E-state index is 0.0988. The van der Waals surface area contributed by atoms with Crippen molar-refractivity contribution in [2.75, 3.05) is 0 Å². The predicted molar refractivity (Wildman–Crippen MR) is 123 cm³/mol. The van der Waals surface area contributed by atoms with E-state index in [1.165, 1.54) is 16.8 Å². The van der Waals surface area contributed by atoms with Gasteiger partial charge in [-0.15, -0.1) is 5.10 Å². The number of amides is 3. The summed E-state index contributed by atoms with van der Waals surface area (Å²) in [6, 6.07) is 15.2. The van der Waals surface area contributed by atoms with Crippen LogP contribution in [0.3, 0.4) is 0 Å². The number of aromatic nitrogens is 3. The third-order valence-electron chi connectivity index (χ3n) is 5.25. The molecule has 1 aromatic heterocycles. The fourth-order valence-electron chi connectivity index (χ4n) is 3.38. The summed E-state index contributed by atoms with van der Waals surface area (Å²) in [4.78, 5) is 36.4. The largest absolute Gasteiger partial charge is 0.352 e. The maximum absolute atomic E-state index is 12.9. The molecular weight excluding hydrogens is 455 g/mol. The number of hydroxylamine groups is 1. The number of nitrogens with one attached hydrogen (secondary N) is 3. The number of carbonyl (C=O) groups excluding carboxylic acids is 3. The summed E-state index contributed by atoms with van der Waals surface area (Å²) < 4.78 is 14.4. The number of halogens is 1. The van der Waals surface area contributed by atoms with Crippen molar-refractivity contribution in [2.24, 2.45) is 5.92 Å². The van der Waals surface area contributed by atoms with E-state index in [4.69, 9.17) is 5.21 Å². The second kappa shape index (κ2) is 12.9. The molecule has 1 atom stereocenters. The highest BCUT2D eigenvalue weighted by Gasteiger charge is 2.22. The van der Waals surface area contributed by atoms with E-state index < -0.39 is 11.8 Å². The van der Waals surface area contributed by atoms with Crippen LogP contribution in [0.15, 0.2) is 60.8 Å². The Bertz CT molecular complexity index is 1120. The van der Waals surface area contributed by atoms with E-state index in [-0.39, 0.29) is 37.0 Å². The van der Waals surface area contributed by atoms with Crippen LogP contribution in [0.1, 0.15) is 29.7 Å². The van der Waals surface area contributed by atoms with Gasteiger partial charge in [-0.25, -0.2) is 9.87 Å². The SMILES string of the molecule is O=C(CC(Cc1ccccc1)C(=O)NCc1cn(CCC(=O)NCc2ccc(F)cc2)nn1)NO. The quantitative estimate of drug-likeness (QED) is 0.228. The van der Waals surface area contributed by atoms with Gasteiger partial charge in [-0.05, 0) is 29.7 Å². The molecule has 3 rings (SSSR count). The minimum atomic E-state index is -0.676. The van der Waals surface area contributed by atoms with Crippen LogP contribution in [0.5, 0.6) is 0 Å². The van der Waals surface area contributed by atoms with Crippen LogP contribution in [0, 0.1) is 11.7 Å². The number of rotatable bonds is 12. The molecule has 4 N–H and O–H groups in total. The summed E-state index contributed by atoms with van der Waals surface area (Å²) >= 11 is 0. The Kier molecular flexibility index (Phi) is 9.43. The van der Waals surface area contributed by atoms with E-state index in [0.717, 1.165) is 11.1 Å². The molecular formula is C24H27FN6O4. The summed E-state index contributed by atoms with van der Waals surface area (Å²) in [6.07, 6.45) is 1.96. The Hall–Kier alpha value is -4.12. The van der Waals surface area contributed by atoms with Gasteiger partial charge in [0.15, 0.2) is 0 Å². The third kappa shape index (κ3) is 8.63. The van der Waals surface area contributed by atoms with Crippen molar-refractivity contribution in [2.45, 2.75) is 38.9 Å². The summed E-state index contributed by atoms with van der Waals surface area (Å²) in [6.45, 7) is 0.692. The molecule has 35 heavy (non-hydrogen) atoms. The van der Waals surface area contributed by atoms with Crippen LogP contribution in [0.4, 0.5) is 4.39 Å². The standard InChI is InChI=1S/C24H27FN6O4/c25-20-8-6-18(7-9-20)14-26-22(32)10-11-31-16-21(28-30-31)15-27-24(34)19(13-23(33)29-35)12-17-4-2-1-3-5-17/h1-9,16,19,35H,10-15H2,(H,26,32)(H,27,34)(H,29,33). The van der Waals surface area contributed by atoms with E-state index >= 15 is 0 Å². The molecule has 0 aliphatic heterocycles. The van der Waals surface area contributed by atoms with E-state index in [9.17, 15) is 18.8 Å². The average molecular weight is 483 g/mol. The monoisotopic (exact) mass is 482 g/mol. The first kappa shape index (κ1) is 25.5. The summed E-state index contributed by atoms with van der Waals surface area (Å²) in [7, 11) is 0. The average Bonchev–Trinajstić information content (AvgIpc) is 3.33. The van der Waals surface area contributed by atoms with Crippen molar-refractivity contribution in [3.8, 4) is 0 Å². The first-order valence-corrected chi connectivity index (χ1v) is 11.1. The molecule has 11 heteroatoms. The van der Waals surface area contributed by atoms with Gasteiger partial charge in [0.25, 0.3) is 0 Å². The number of aryl methyl sites for hydroxylation is 1. The fraction of sp³-hybridized carbons (Fsp3) is 0.292. The number of nitrogens with zero attached hydrogens (tertiary/aromatic N) is 3. The Labute approximate surface area is 201 Å². The fourth-order valence-corrected chi connectivity index (χ4v) is 3.38. The lowest BCUT2D eigenvalue weighted by molar-refractivity contribution is -0.134. The minimum Gasteiger partial charge on any atom is -0.352 e. The molecule has 3 amide bonds. The third-order valence-corrected chi connectivity index (χ3v) is 5.25. The molecule has 0 saturated heterocycles. The molecule has 0 spiro atoms. The van der Waals surface area contributed by atoms with Gasteiger partial charge in [0.1, 0.15) is 11.5 Å². The number of hydrogen-bond donors (Lipinski definition) is 4. The number of carbonyl (C=O) groups is 3. The van der Waals surface area contributed by atoms with E-state index in [0.29, 0.717) is 25.2 Å². The van der Waals surface area contributed by atoms with Crippen LogP contribution in [-0.4, -0.2) is 37.9 Å². The molecule has 10 nitrogen and oxygen atoms in total. The highest BCUT2D eigenvalue weighted by Crippen LogP contribution is 2.13. The second-order valence-electron chi connectivity index (χ2n) is 7.97. The van der Waals surface area contributed by atoms with Crippen LogP contribution < -0.4 is 16.1 Å². The molecule has 184 valence electrons. The molecule has 0 aliphatic carbocycles. The van der Waals surface area contributed by atoms with Crippen LogP contribution in [-0.2, 0) is 40.4 Å². The van der Waals surface area contributed by atoms with Crippen LogP contribution >= 0.6 is 0 Å². The summed E-state index contributed by atoms with van der Waals surface area (Å²) in [5.41, 5.74) is 3.74. The van der Waals surface area contributed by atoms with Gasteiger partial charge in [-0.1, -0.05) is 47.7 Å². The lowest BCUT2D eigenvalue weighted by atomic mass is 9.95. The topological polar surface area (TPSA) is 138 Å². The van der Waals surface area contributed by atoms with E-state index in [1.807, 2.05) is 30.3 Å². The maximum atomic E-state index is 12.9. The van der Waals surface area contributed by atoms with Crippen LogP contribution in [0.2, 0.25) is 0 Å². The van der Waals surface area contributed by atoms with Gasteiger partial charge < -0.3 is 10.6 Å². The lowest BCUT2D eigenvalue weighted by Gasteiger charge is -2.15. The molecule has 1 heterocycles. The van der Waals surface area contributed by atoms with Gasteiger partial charge >= 0.3 is 0 Å². The zero-order valence-electron chi connectivity index (χ0n) is 19.0. The molecule has 0 saturated carbocycles. The Morgan fingerprint density at radius 1 is 0.943 bits per heavy atom. The molecule has 0 aliphatic rings. The Morgan fingerprint density at radius 2 is 1.69 bits per heavy atom. The van der Waals surface area contributed by atoms with Gasteiger partial charge in [-0.2, -0.15) is 0 Å². The first-order valence-electron chi connectivity index (χ1n) is 11.1. The van der Waals surface area contributed by atoms with E-state index in [1.54, 1.807) is 23.8 Å². The van der Waals surface area contributed by atoms with Gasteiger partial charge in [0.05, 0.1) is 25.2 Å². The molecule has 0 bridgehead atoms. The number of benzene rings is 2. The predicted octanol–water partition coefficient (Wildman–Crippen LogP) is 1.49. The van der Waals surface area contributed by atoms with Crippen molar-refractivity contribution in [1.29, 1.82) is 0 Å². The highest BCUT2D eigenvalue weighted by atomic mass is 19.1. The van der Waals surface area contributed by atoms with Crippen molar-refractivity contribution < 1.29 is 24.0 Å². The maximum Gasteiger partial charge on any atom is 0.244 e. The van der Waals surface area contributed by atoms with Gasteiger partial charge in [-0.3, -0.25) is 24.3 Å². The highest BCUT2D eigenvalue weighted by molar-refractivity contribution is 5.85. The van der Waals surface area contributed by atoms with Crippen molar-refractivity contribution >= 4 is 17.7 Å². The van der Waals surface area contributed by atoms with E-state index in [2.05, 4.69) is 20.9 Å². The van der Waals surface area contributed by atoms with Crippen molar-refractivity contribution in [3.05, 3.63) is 83.4 Å². The second-order valence-corrected chi connectivity index (χ2v) is 7.97. The zero-order valence-corrected chi connectivity index (χ0v) is 19.0. The summed E-state index contributed by atoms with van der Waals surface area (Å²) in [5, 5.41) is 22.3. The Morgan fingerprint density at radius 3 is 2.40 bits per heavy atom. The van der Waals surface area contributed by atoms with Crippen molar-refractivity contribution in [1.82, 2.24) is 31.1 Å². The molecule has 2 aromatic carbocycles. The van der Waals surface area contributed by atoms with Gasteiger partial charge in [0.2, 0.25) is 17.7 Å². The first-order chi connectivity index (χ1) is 16.9. The lowest BCUT2D eigenvalue weighted by Crippen LogP contribution is -2.35. The molecule has 1 unspecified atom stereocenters. The molecule has 0 radical (unpaired) electrons. The normalized spacial score (nSPS) is 11.5. The van der Waals surface area contributed by atoms with Gasteiger partial charge in [0, 0.05) is 19.4 Å². The zero-order chi connectivity index (χ0) is 25.0. The number of hydrogen-bond acceptors (Lipinski definition) is 6. The summed E-state index contributed by atoms with van der Waals surface area (Å²) in [5.74, 6) is -2.20. The van der Waals surface area contributed by atoms with Crippen molar-refractivity contribution in [3.63, 3.8) is 0 Å². The Balaban J connectivity index is 1.45. The van der Waals surface area contributed by atoms with Crippen LogP contribution in [0.25, 0.3) is 0 Å².